The molecule has 1 N–H and O–H groups in total. The fraction of sp³-hybridized carbons (Fsp3) is 0.333. The number of hydrogen-bond donors (Lipinski definition) is 1. The molecule has 1 heterocycles. The van der Waals surface area contributed by atoms with E-state index in [1.54, 1.807) is 0 Å². The van der Waals surface area contributed by atoms with Gasteiger partial charge in [0, 0.05) is 14.5 Å². The number of ether oxygens (including phenoxy) is 1. The zero-order valence-corrected chi connectivity index (χ0v) is 14.6. The molecule has 0 fully saturated rings. The van der Waals surface area contributed by atoms with Gasteiger partial charge < -0.3 is 9.84 Å². The van der Waals surface area contributed by atoms with Crippen molar-refractivity contribution in [2.24, 2.45) is 0 Å². The van der Waals surface area contributed by atoms with Crippen molar-refractivity contribution in [1.82, 2.24) is 0 Å². The van der Waals surface area contributed by atoms with Crippen LogP contribution in [-0.4, -0.2) is 11.7 Å². The minimum atomic E-state index is -0.599. The molecule has 3 heteroatoms. The maximum atomic E-state index is 10.8. The second-order valence-corrected chi connectivity index (χ2v) is 7.39. The van der Waals surface area contributed by atoms with E-state index in [9.17, 15) is 5.11 Å². The monoisotopic (exact) mass is 394 g/mol. The van der Waals surface area contributed by atoms with Crippen molar-refractivity contribution in [3.05, 3.63) is 62.2 Å². The van der Waals surface area contributed by atoms with E-state index in [2.05, 4.69) is 55.5 Å². The van der Waals surface area contributed by atoms with E-state index in [1.807, 2.05) is 24.3 Å². The maximum absolute atomic E-state index is 10.8. The summed E-state index contributed by atoms with van der Waals surface area (Å²) in [4.78, 5) is 0. The Balaban J connectivity index is 2.03. The van der Waals surface area contributed by atoms with Crippen LogP contribution in [0.5, 0.6) is 5.75 Å². The lowest BCUT2D eigenvalue weighted by Gasteiger charge is -2.19. The first kappa shape index (κ1) is 14.9. The Bertz CT molecular complexity index is 692. The third kappa shape index (κ3) is 2.57. The highest BCUT2D eigenvalue weighted by Crippen LogP contribution is 2.40. The van der Waals surface area contributed by atoms with Crippen LogP contribution in [0.25, 0.3) is 0 Å². The predicted molar refractivity (Wildman–Crippen MR) is 92.9 cm³/mol. The summed E-state index contributed by atoms with van der Waals surface area (Å²) in [7, 11) is 0. The van der Waals surface area contributed by atoms with Crippen molar-refractivity contribution in [3.63, 3.8) is 0 Å². The second kappa shape index (κ2) is 5.29. The first-order valence-electron chi connectivity index (χ1n) is 7.10. The van der Waals surface area contributed by atoms with Gasteiger partial charge in [-0.25, -0.2) is 0 Å². The third-order valence-electron chi connectivity index (χ3n) is 4.15. The summed E-state index contributed by atoms with van der Waals surface area (Å²) in [6, 6.07) is 12.1. The Labute approximate surface area is 139 Å². The van der Waals surface area contributed by atoms with Crippen LogP contribution >= 0.6 is 22.6 Å². The number of halogens is 1. The van der Waals surface area contributed by atoms with Gasteiger partial charge >= 0.3 is 0 Å². The quantitative estimate of drug-likeness (QED) is 0.768. The highest BCUT2D eigenvalue weighted by molar-refractivity contribution is 14.1. The number of rotatable bonds is 2. The summed E-state index contributed by atoms with van der Waals surface area (Å²) in [6.45, 7) is 7.11. The van der Waals surface area contributed by atoms with Crippen LogP contribution in [0.15, 0.2) is 36.4 Å². The molecule has 110 valence electrons. The topological polar surface area (TPSA) is 29.5 Å². The second-order valence-electron chi connectivity index (χ2n) is 6.31. The molecule has 0 spiro atoms. The van der Waals surface area contributed by atoms with E-state index in [1.165, 1.54) is 11.1 Å². The summed E-state index contributed by atoms with van der Waals surface area (Å²) in [5.41, 5.74) is 4.27. The summed E-state index contributed by atoms with van der Waals surface area (Å²) in [5.74, 6) is 0.940. The highest BCUT2D eigenvalue weighted by atomic mass is 127. The molecule has 2 nitrogen and oxygen atoms in total. The molecule has 1 atom stereocenters. The first-order chi connectivity index (χ1) is 9.90. The molecule has 0 radical (unpaired) electrons. The van der Waals surface area contributed by atoms with Crippen molar-refractivity contribution in [3.8, 4) is 5.75 Å². The fourth-order valence-electron chi connectivity index (χ4n) is 2.77. The Morgan fingerprint density at radius 2 is 2.00 bits per heavy atom. The molecule has 0 amide bonds. The minimum absolute atomic E-state index is 0.00478. The van der Waals surface area contributed by atoms with E-state index in [-0.39, 0.29) is 5.41 Å². The van der Waals surface area contributed by atoms with Gasteiger partial charge in [0.15, 0.2) is 0 Å². The van der Waals surface area contributed by atoms with Crippen molar-refractivity contribution < 1.29 is 9.84 Å². The molecule has 1 aliphatic rings. The fourth-order valence-corrected chi connectivity index (χ4v) is 3.42. The molecular weight excluding hydrogens is 375 g/mol. The SMILES string of the molecule is Cc1cccc(C(O)c2ccc3c(c2)C(C)(C)CO3)c1I. The molecule has 21 heavy (non-hydrogen) atoms. The molecule has 3 rings (SSSR count). The number of fused-ring (bicyclic) bond motifs is 1. The van der Waals surface area contributed by atoms with Crippen molar-refractivity contribution in [1.29, 1.82) is 0 Å². The molecule has 0 saturated heterocycles. The van der Waals surface area contributed by atoms with Crippen LogP contribution in [0.1, 0.15) is 42.2 Å². The van der Waals surface area contributed by atoms with Crippen LogP contribution in [0, 0.1) is 10.5 Å². The van der Waals surface area contributed by atoms with Crippen molar-refractivity contribution in [2.75, 3.05) is 6.61 Å². The van der Waals surface area contributed by atoms with E-state index in [4.69, 9.17) is 4.74 Å². The maximum Gasteiger partial charge on any atom is 0.123 e. The van der Waals surface area contributed by atoms with Gasteiger partial charge in [0.25, 0.3) is 0 Å². The Hall–Kier alpha value is -1.07. The molecule has 0 aliphatic carbocycles. The Morgan fingerprint density at radius 3 is 2.76 bits per heavy atom. The lowest BCUT2D eigenvalue weighted by Crippen LogP contribution is -2.18. The van der Waals surface area contributed by atoms with Gasteiger partial charge in [0.05, 0.1) is 6.61 Å². The van der Waals surface area contributed by atoms with Gasteiger partial charge in [-0.05, 0) is 58.3 Å². The zero-order valence-electron chi connectivity index (χ0n) is 12.5. The number of hydrogen-bond acceptors (Lipinski definition) is 2. The molecule has 2 aromatic rings. The van der Waals surface area contributed by atoms with Gasteiger partial charge in [-0.15, -0.1) is 0 Å². The lowest BCUT2D eigenvalue weighted by molar-refractivity contribution is 0.219. The molecule has 0 bridgehead atoms. The van der Waals surface area contributed by atoms with Crippen molar-refractivity contribution in [2.45, 2.75) is 32.3 Å². The summed E-state index contributed by atoms with van der Waals surface area (Å²) < 4.78 is 6.84. The largest absolute Gasteiger partial charge is 0.492 e. The van der Waals surface area contributed by atoms with Gasteiger partial charge in [-0.1, -0.05) is 38.1 Å². The smallest absolute Gasteiger partial charge is 0.123 e. The standard InChI is InChI=1S/C18H19IO2/c1-11-5-4-6-13(16(11)19)17(20)12-7-8-15-14(9-12)18(2,3)10-21-15/h4-9,17,20H,10H2,1-3H3. The number of benzene rings is 2. The molecule has 2 aromatic carbocycles. The minimum Gasteiger partial charge on any atom is -0.492 e. The Kier molecular flexibility index (Phi) is 3.74. The number of aliphatic hydroxyl groups excluding tert-OH is 1. The summed E-state index contributed by atoms with van der Waals surface area (Å²) in [5, 5.41) is 10.8. The van der Waals surface area contributed by atoms with E-state index in [0.717, 1.165) is 20.4 Å². The van der Waals surface area contributed by atoms with Crippen LogP contribution in [-0.2, 0) is 5.41 Å². The third-order valence-corrected chi connectivity index (χ3v) is 5.63. The van der Waals surface area contributed by atoms with Crippen LogP contribution in [0.3, 0.4) is 0 Å². The van der Waals surface area contributed by atoms with Gasteiger partial charge in [-0.3, -0.25) is 0 Å². The van der Waals surface area contributed by atoms with Crippen LogP contribution in [0.2, 0.25) is 0 Å². The van der Waals surface area contributed by atoms with Gasteiger partial charge in [0.1, 0.15) is 11.9 Å². The van der Waals surface area contributed by atoms with E-state index < -0.39 is 6.10 Å². The molecule has 1 aliphatic heterocycles. The lowest BCUT2D eigenvalue weighted by atomic mass is 9.85. The van der Waals surface area contributed by atoms with Crippen LogP contribution in [0.4, 0.5) is 0 Å². The highest BCUT2D eigenvalue weighted by Gasteiger charge is 2.32. The molecule has 0 aromatic heterocycles. The summed E-state index contributed by atoms with van der Waals surface area (Å²) >= 11 is 2.31. The Morgan fingerprint density at radius 1 is 1.24 bits per heavy atom. The van der Waals surface area contributed by atoms with E-state index >= 15 is 0 Å². The predicted octanol–water partition coefficient (Wildman–Crippen LogP) is 4.35. The van der Waals surface area contributed by atoms with E-state index in [0.29, 0.717) is 6.61 Å². The van der Waals surface area contributed by atoms with Crippen LogP contribution < -0.4 is 4.74 Å². The average molecular weight is 394 g/mol. The molecule has 1 unspecified atom stereocenters. The molecular formula is C18H19IO2. The first-order valence-corrected chi connectivity index (χ1v) is 8.18. The number of aliphatic hydroxyl groups is 1. The normalized spacial score (nSPS) is 17.2. The van der Waals surface area contributed by atoms with Gasteiger partial charge in [-0.2, -0.15) is 0 Å². The zero-order chi connectivity index (χ0) is 15.2. The molecule has 0 saturated carbocycles. The van der Waals surface area contributed by atoms with Crippen molar-refractivity contribution >= 4 is 22.6 Å². The average Bonchev–Trinajstić information content (AvgIpc) is 2.76. The number of aryl methyl sites for hydroxylation is 1. The summed E-state index contributed by atoms with van der Waals surface area (Å²) in [6.07, 6.45) is -0.599. The van der Waals surface area contributed by atoms with Gasteiger partial charge in [0.2, 0.25) is 0 Å².